The highest BCUT2D eigenvalue weighted by Crippen LogP contribution is 2.38. The summed E-state index contributed by atoms with van der Waals surface area (Å²) in [6, 6.07) is 7.25. The molecule has 2 aromatic rings. The molecule has 9 nitrogen and oxygen atoms in total. The first-order chi connectivity index (χ1) is 16.3. The molecule has 4 rings (SSSR count). The summed E-state index contributed by atoms with van der Waals surface area (Å²) in [6.07, 6.45) is 2.88. The maximum absolute atomic E-state index is 12.9. The topological polar surface area (TPSA) is 116 Å². The maximum atomic E-state index is 12.9. The summed E-state index contributed by atoms with van der Waals surface area (Å²) >= 11 is 0. The van der Waals surface area contributed by atoms with Gasteiger partial charge in [-0.05, 0) is 43.2 Å². The number of hydrogen-bond acceptors (Lipinski definition) is 7. The van der Waals surface area contributed by atoms with Crippen molar-refractivity contribution >= 4 is 11.8 Å². The Hall–Kier alpha value is -3.04. The lowest BCUT2D eigenvalue weighted by Crippen LogP contribution is -2.51. The molecule has 2 aliphatic rings. The zero-order valence-electron chi connectivity index (χ0n) is 19.7. The monoisotopic (exact) mass is 468 g/mol. The molecular formula is C25H32N4O5. The molecule has 3 heterocycles. The molecule has 0 radical (unpaired) electrons. The molecule has 9 heteroatoms. The van der Waals surface area contributed by atoms with Gasteiger partial charge in [-0.15, -0.1) is 0 Å². The second-order valence-corrected chi connectivity index (χ2v) is 9.52. The number of aliphatic hydroxyl groups is 2. The standard InChI is InChI=1S/C25H32N4O5/c1-17-13-27-19(14-26-17)24(33)29-9-7-25(8-10-29)12-21(31)20(30)11-18-5-3-4-6-22(18)34-15-23(32)28(2)16-25/h3-6,13-14,20-21,30-31H,7-12,15-16H2,1-2H3/t20-,21+/m0/s1. The molecule has 0 unspecified atom stereocenters. The van der Waals surface area contributed by atoms with Gasteiger partial charge in [-0.2, -0.15) is 0 Å². The summed E-state index contributed by atoms with van der Waals surface area (Å²) in [7, 11) is 1.73. The molecular weight excluding hydrogens is 436 g/mol. The van der Waals surface area contributed by atoms with Gasteiger partial charge in [-0.25, -0.2) is 4.98 Å². The van der Waals surface area contributed by atoms with Crippen molar-refractivity contribution < 1.29 is 24.5 Å². The number of carbonyl (C=O) groups excluding carboxylic acids is 2. The fraction of sp³-hybridized carbons (Fsp3) is 0.520. The zero-order valence-corrected chi connectivity index (χ0v) is 19.7. The third-order valence-electron chi connectivity index (χ3n) is 6.95. The highest BCUT2D eigenvalue weighted by atomic mass is 16.5. The molecule has 2 N–H and O–H groups in total. The van der Waals surface area contributed by atoms with Crippen molar-refractivity contribution in [2.75, 3.05) is 33.3 Å². The number of rotatable bonds is 1. The minimum absolute atomic E-state index is 0.0983. The number of aliphatic hydroxyl groups excluding tert-OH is 2. The SMILES string of the molecule is Cc1cnc(C(=O)N2CCC3(CC2)C[C@@H](O)[C@@H](O)Cc2ccccc2OCC(=O)N(C)C3)cn1. The molecule has 1 aromatic carbocycles. The van der Waals surface area contributed by atoms with Crippen LogP contribution in [0.3, 0.4) is 0 Å². The van der Waals surface area contributed by atoms with Crippen molar-refractivity contribution in [3.05, 3.63) is 53.6 Å². The van der Waals surface area contributed by atoms with E-state index in [0.717, 1.165) is 11.3 Å². The summed E-state index contributed by atoms with van der Waals surface area (Å²) in [5, 5.41) is 21.7. The Balaban J connectivity index is 1.51. The van der Waals surface area contributed by atoms with Crippen LogP contribution >= 0.6 is 0 Å². The number of carbonyl (C=O) groups is 2. The fourth-order valence-corrected chi connectivity index (χ4v) is 4.87. The first-order valence-corrected chi connectivity index (χ1v) is 11.7. The average Bonchev–Trinajstić information content (AvgIpc) is 2.83. The van der Waals surface area contributed by atoms with Crippen molar-refractivity contribution in [3.8, 4) is 5.75 Å². The molecule has 1 saturated heterocycles. The Labute approximate surface area is 199 Å². The number of benzene rings is 1. The normalized spacial score (nSPS) is 23.5. The van der Waals surface area contributed by atoms with Gasteiger partial charge in [0.2, 0.25) is 0 Å². The van der Waals surface area contributed by atoms with Gasteiger partial charge in [0.05, 0.1) is 24.1 Å². The quantitative estimate of drug-likeness (QED) is 0.646. The van der Waals surface area contributed by atoms with Gasteiger partial charge in [0.25, 0.3) is 11.8 Å². The number of piperidine rings is 1. The van der Waals surface area contributed by atoms with Gasteiger partial charge in [0.15, 0.2) is 6.61 Å². The van der Waals surface area contributed by atoms with E-state index < -0.39 is 17.6 Å². The van der Waals surface area contributed by atoms with E-state index in [4.69, 9.17) is 4.74 Å². The largest absolute Gasteiger partial charge is 0.483 e. The number of fused-ring (bicyclic) bond motifs is 1. The third kappa shape index (κ3) is 5.37. The smallest absolute Gasteiger partial charge is 0.274 e. The van der Waals surface area contributed by atoms with Crippen molar-refractivity contribution in [3.63, 3.8) is 0 Å². The highest BCUT2D eigenvalue weighted by molar-refractivity contribution is 5.92. The van der Waals surface area contributed by atoms with E-state index in [1.165, 1.54) is 6.20 Å². The van der Waals surface area contributed by atoms with Gasteiger partial charge in [0, 0.05) is 39.3 Å². The van der Waals surface area contributed by atoms with E-state index >= 15 is 0 Å². The van der Waals surface area contributed by atoms with Crippen LogP contribution in [-0.2, 0) is 11.2 Å². The Morgan fingerprint density at radius 3 is 2.56 bits per heavy atom. The summed E-state index contributed by atoms with van der Waals surface area (Å²) in [5.74, 6) is 0.209. The van der Waals surface area contributed by atoms with Crippen LogP contribution in [0.2, 0.25) is 0 Å². The number of amides is 2. The van der Waals surface area contributed by atoms with Gasteiger partial charge in [-0.3, -0.25) is 14.6 Å². The lowest BCUT2D eigenvalue weighted by Gasteiger charge is -2.45. The molecule has 0 bridgehead atoms. The fourth-order valence-electron chi connectivity index (χ4n) is 4.87. The summed E-state index contributed by atoms with van der Waals surface area (Å²) in [4.78, 5) is 37.4. The second-order valence-electron chi connectivity index (χ2n) is 9.52. The Morgan fingerprint density at radius 2 is 1.85 bits per heavy atom. The third-order valence-corrected chi connectivity index (χ3v) is 6.95. The molecule has 2 atom stereocenters. The number of aryl methyl sites for hydroxylation is 1. The lowest BCUT2D eigenvalue weighted by atomic mass is 9.72. The molecule has 1 fully saturated rings. The zero-order chi connectivity index (χ0) is 24.3. The number of likely N-dealkylation sites (tertiary alicyclic amines) is 1. The van der Waals surface area contributed by atoms with Crippen LogP contribution < -0.4 is 4.74 Å². The van der Waals surface area contributed by atoms with Crippen LogP contribution in [0.25, 0.3) is 0 Å². The van der Waals surface area contributed by atoms with Gasteiger partial charge < -0.3 is 24.7 Å². The van der Waals surface area contributed by atoms with Crippen molar-refractivity contribution in [1.29, 1.82) is 0 Å². The predicted molar refractivity (Wildman–Crippen MR) is 124 cm³/mol. The van der Waals surface area contributed by atoms with Crippen LogP contribution in [0.4, 0.5) is 0 Å². The van der Waals surface area contributed by atoms with E-state index in [1.54, 1.807) is 29.1 Å². The van der Waals surface area contributed by atoms with Crippen molar-refractivity contribution in [2.24, 2.45) is 5.41 Å². The number of para-hydroxylation sites is 1. The van der Waals surface area contributed by atoms with Crippen LogP contribution in [0.15, 0.2) is 36.7 Å². The summed E-state index contributed by atoms with van der Waals surface area (Å²) in [5.41, 5.74) is 1.37. The van der Waals surface area contributed by atoms with Gasteiger partial charge >= 0.3 is 0 Å². The summed E-state index contributed by atoms with van der Waals surface area (Å²) < 4.78 is 5.76. The lowest BCUT2D eigenvalue weighted by molar-refractivity contribution is -0.135. The van der Waals surface area contributed by atoms with Crippen molar-refractivity contribution in [1.82, 2.24) is 19.8 Å². The molecule has 182 valence electrons. The first kappa shape index (κ1) is 24.1. The van der Waals surface area contributed by atoms with Crippen LogP contribution in [0.5, 0.6) is 5.75 Å². The van der Waals surface area contributed by atoms with Gasteiger partial charge in [-0.1, -0.05) is 18.2 Å². The second kappa shape index (κ2) is 10.1. The van der Waals surface area contributed by atoms with Crippen molar-refractivity contribution in [2.45, 2.75) is 44.8 Å². The number of aromatic nitrogens is 2. The molecule has 2 amide bonds. The average molecular weight is 469 g/mol. The molecule has 0 aliphatic carbocycles. The van der Waals surface area contributed by atoms with E-state index in [-0.39, 0.29) is 24.8 Å². The number of nitrogens with zero attached hydrogens (tertiary/aromatic N) is 4. The van der Waals surface area contributed by atoms with Crippen LogP contribution in [-0.4, -0.2) is 87.3 Å². The first-order valence-electron chi connectivity index (χ1n) is 11.7. The van der Waals surface area contributed by atoms with E-state index in [1.807, 2.05) is 25.1 Å². The molecule has 1 spiro atoms. The molecule has 34 heavy (non-hydrogen) atoms. The molecule has 0 saturated carbocycles. The van der Waals surface area contributed by atoms with Gasteiger partial charge in [0.1, 0.15) is 11.4 Å². The van der Waals surface area contributed by atoms with E-state index in [2.05, 4.69) is 9.97 Å². The molecule has 1 aromatic heterocycles. The minimum atomic E-state index is -0.971. The predicted octanol–water partition coefficient (Wildman–Crippen LogP) is 1.21. The maximum Gasteiger partial charge on any atom is 0.274 e. The Kier molecular flexibility index (Phi) is 7.13. The van der Waals surface area contributed by atoms with E-state index in [0.29, 0.717) is 50.3 Å². The number of ether oxygens (including phenoxy) is 1. The van der Waals surface area contributed by atoms with E-state index in [9.17, 15) is 19.8 Å². The molecule has 2 aliphatic heterocycles. The Morgan fingerprint density at radius 1 is 1.12 bits per heavy atom. The number of hydrogen-bond donors (Lipinski definition) is 2. The minimum Gasteiger partial charge on any atom is -0.483 e. The Bertz CT molecular complexity index is 1020. The number of likely N-dealkylation sites (N-methyl/N-ethyl adjacent to an activating group) is 1. The van der Waals surface area contributed by atoms with Crippen LogP contribution in [0, 0.1) is 12.3 Å². The summed E-state index contributed by atoms with van der Waals surface area (Å²) in [6.45, 7) is 3.07. The highest BCUT2D eigenvalue weighted by Gasteiger charge is 2.41. The van der Waals surface area contributed by atoms with Crippen LogP contribution in [0.1, 0.15) is 41.0 Å².